The van der Waals surface area contributed by atoms with Crippen molar-refractivity contribution in [3.05, 3.63) is 38.0 Å². The highest BCUT2D eigenvalue weighted by atomic mass is 35.5. The highest BCUT2D eigenvalue weighted by molar-refractivity contribution is 7.16. The molecule has 2 aromatic heterocycles. The monoisotopic (exact) mass is 367 g/mol. The second-order valence-corrected chi connectivity index (χ2v) is 7.83. The summed E-state index contributed by atoms with van der Waals surface area (Å²) < 4.78 is 0. The Morgan fingerprint density at radius 1 is 1.38 bits per heavy atom. The van der Waals surface area contributed by atoms with Gasteiger partial charge in [-0.3, -0.25) is 9.69 Å². The largest absolute Gasteiger partial charge is 0.354 e. The lowest BCUT2D eigenvalue weighted by Crippen LogP contribution is -2.33. The van der Waals surface area contributed by atoms with E-state index in [0.717, 1.165) is 48.2 Å². The number of H-pyrrole nitrogens is 1. The van der Waals surface area contributed by atoms with Crippen molar-refractivity contribution in [2.24, 2.45) is 0 Å². The number of piperidine rings is 1. The summed E-state index contributed by atoms with van der Waals surface area (Å²) in [5.41, 5.74) is 0.856. The van der Waals surface area contributed by atoms with Gasteiger partial charge in [-0.1, -0.05) is 22.9 Å². The summed E-state index contributed by atoms with van der Waals surface area (Å²) in [5, 5.41) is 1.55. The SMILES string of the molecule is Cc1nc(C2CCN(Cc3sc(N(C)C)nc3Cl)CC2)cc(=O)[nH]1. The van der Waals surface area contributed by atoms with Crippen LogP contribution in [-0.2, 0) is 6.54 Å². The van der Waals surface area contributed by atoms with E-state index in [0.29, 0.717) is 16.9 Å². The average Bonchev–Trinajstić information content (AvgIpc) is 2.88. The second-order valence-electron chi connectivity index (χ2n) is 6.41. The Bertz CT molecular complexity index is 764. The zero-order chi connectivity index (χ0) is 17.3. The first-order chi connectivity index (χ1) is 11.4. The number of rotatable bonds is 4. The number of halogens is 1. The van der Waals surface area contributed by atoms with E-state index in [1.807, 2.05) is 25.9 Å². The van der Waals surface area contributed by atoms with E-state index in [1.54, 1.807) is 17.4 Å². The fourth-order valence-electron chi connectivity index (χ4n) is 3.01. The van der Waals surface area contributed by atoms with Gasteiger partial charge in [0.1, 0.15) is 11.0 Å². The molecule has 0 amide bonds. The van der Waals surface area contributed by atoms with E-state index < -0.39 is 0 Å². The topological polar surface area (TPSA) is 65.1 Å². The summed E-state index contributed by atoms with van der Waals surface area (Å²) in [7, 11) is 3.95. The van der Waals surface area contributed by atoms with Crippen LogP contribution in [0.1, 0.15) is 35.2 Å². The molecule has 0 saturated carbocycles. The normalized spacial score (nSPS) is 16.5. The molecule has 0 radical (unpaired) electrons. The minimum absolute atomic E-state index is 0.0624. The lowest BCUT2D eigenvalue weighted by molar-refractivity contribution is 0.204. The molecule has 1 N–H and O–H groups in total. The van der Waals surface area contributed by atoms with Crippen LogP contribution in [0, 0.1) is 6.92 Å². The van der Waals surface area contributed by atoms with Gasteiger partial charge in [-0.25, -0.2) is 9.97 Å². The van der Waals surface area contributed by atoms with Crippen molar-refractivity contribution in [3.63, 3.8) is 0 Å². The quantitative estimate of drug-likeness (QED) is 0.899. The molecule has 3 rings (SSSR count). The van der Waals surface area contributed by atoms with Crippen molar-refractivity contribution >= 4 is 28.1 Å². The maximum atomic E-state index is 11.6. The highest BCUT2D eigenvalue weighted by Gasteiger charge is 2.23. The summed E-state index contributed by atoms with van der Waals surface area (Å²) in [6.45, 7) is 4.61. The number of thiazole rings is 1. The molecule has 1 fully saturated rings. The molecule has 3 heterocycles. The number of hydrogen-bond donors (Lipinski definition) is 1. The van der Waals surface area contributed by atoms with Crippen LogP contribution in [0.2, 0.25) is 5.15 Å². The Labute approximate surface area is 150 Å². The number of nitrogens with one attached hydrogen (secondary N) is 1. The van der Waals surface area contributed by atoms with Gasteiger partial charge in [0.2, 0.25) is 0 Å². The Morgan fingerprint density at radius 2 is 2.08 bits per heavy atom. The van der Waals surface area contributed by atoms with Crippen molar-refractivity contribution in [2.75, 3.05) is 32.1 Å². The molecular weight excluding hydrogens is 346 g/mol. The number of aromatic amines is 1. The molecule has 24 heavy (non-hydrogen) atoms. The third kappa shape index (κ3) is 3.96. The van der Waals surface area contributed by atoms with Crippen LogP contribution in [0.3, 0.4) is 0 Å². The zero-order valence-corrected chi connectivity index (χ0v) is 15.7. The molecule has 0 atom stereocenters. The smallest absolute Gasteiger partial charge is 0.251 e. The summed E-state index contributed by atoms with van der Waals surface area (Å²) in [6, 6.07) is 1.64. The first kappa shape index (κ1) is 17.4. The van der Waals surface area contributed by atoms with Gasteiger partial charge in [0.05, 0.1) is 10.6 Å². The van der Waals surface area contributed by atoms with E-state index in [-0.39, 0.29) is 5.56 Å². The molecule has 1 aliphatic heterocycles. The Morgan fingerprint density at radius 3 is 2.67 bits per heavy atom. The molecule has 130 valence electrons. The van der Waals surface area contributed by atoms with E-state index in [2.05, 4.69) is 19.9 Å². The van der Waals surface area contributed by atoms with Crippen LogP contribution < -0.4 is 10.5 Å². The Kier molecular flexibility index (Phi) is 5.22. The second kappa shape index (κ2) is 7.21. The summed E-state index contributed by atoms with van der Waals surface area (Å²) in [5.74, 6) is 1.05. The Balaban J connectivity index is 1.62. The number of aromatic nitrogens is 3. The lowest BCUT2D eigenvalue weighted by atomic mass is 9.93. The molecule has 0 unspecified atom stereocenters. The van der Waals surface area contributed by atoms with Crippen molar-refractivity contribution in [1.29, 1.82) is 0 Å². The maximum Gasteiger partial charge on any atom is 0.251 e. The molecule has 0 spiro atoms. The van der Waals surface area contributed by atoms with Crippen molar-refractivity contribution in [2.45, 2.75) is 32.2 Å². The number of likely N-dealkylation sites (tertiary alicyclic amines) is 1. The van der Waals surface area contributed by atoms with Gasteiger partial charge in [-0.05, 0) is 32.9 Å². The van der Waals surface area contributed by atoms with Crippen LogP contribution in [-0.4, -0.2) is 47.0 Å². The average molecular weight is 368 g/mol. The van der Waals surface area contributed by atoms with Gasteiger partial charge in [0.15, 0.2) is 5.13 Å². The van der Waals surface area contributed by atoms with Gasteiger partial charge in [-0.15, -0.1) is 0 Å². The number of nitrogens with zero attached hydrogens (tertiary/aromatic N) is 4. The molecule has 2 aromatic rings. The predicted molar refractivity (Wildman–Crippen MR) is 98.3 cm³/mol. The standard InChI is InChI=1S/C16H22ClN5OS/c1-10-18-12(8-14(23)19-10)11-4-6-22(7-5-11)9-13-15(17)20-16(24-13)21(2)3/h8,11H,4-7,9H2,1-3H3,(H,18,19,23). The third-order valence-corrected chi connectivity index (χ3v) is 5.91. The molecule has 6 nitrogen and oxygen atoms in total. The molecule has 0 bridgehead atoms. The molecule has 0 aromatic carbocycles. The minimum atomic E-state index is -0.0624. The van der Waals surface area contributed by atoms with Crippen LogP contribution in [0.15, 0.2) is 10.9 Å². The third-order valence-electron chi connectivity index (χ3n) is 4.27. The zero-order valence-electron chi connectivity index (χ0n) is 14.2. The molecule has 0 aliphatic carbocycles. The van der Waals surface area contributed by atoms with E-state index >= 15 is 0 Å². The van der Waals surface area contributed by atoms with Crippen molar-refractivity contribution in [1.82, 2.24) is 19.9 Å². The first-order valence-electron chi connectivity index (χ1n) is 8.05. The molecule has 1 aliphatic rings. The maximum absolute atomic E-state index is 11.6. The summed E-state index contributed by atoms with van der Waals surface area (Å²) in [6.07, 6.45) is 2.01. The summed E-state index contributed by atoms with van der Waals surface area (Å²) in [4.78, 5) is 28.7. The van der Waals surface area contributed by atoms with E-state index in [4.69, 9.17) is 11.6 Å². The van der Waals surface area contributed by atoms with Gasteiger partial charge in [-0.2, -0.15) is 0 Å². The van der Waals surface area contributed by atoms with Crippen LogP contribution >= 0.6 is 22.9 Å². The van der Waals surface area contributed by atoms with Gasteiger partial charge in [0.25, 0.3) is 5.56 Å². The number of anilines is 1. The minimum Gasteiger partial charge on any atom is -0.354 e. The van der Waals surface area contributed by atoms with Crippen molar-refractivity contribution in [3.8, 4) is 0 Å². The molecule has 8 heteroatoms. The fourth-order valence-corrected chi connectivity index (χ4v) is 4.23. The van der Waals surface area contributed by atoms with Gasteiger partial charge < -0.3 is 9.88 Å². The predicted octanol–water partition coefficient (Wildman–Crippen LogP) is 2.63. The highest BCUT2D eigenvalue weighted by Crippen LogP contribution is 2.32. The lowest BCUT2D eigenvalue weighted by Gasteiger charge is -2.31. The fraction of sp³-hybridized carbons (Fsp3) is 0.562. The first-order valence-corrected chi connectivity index (χ1v) is 9.24. The van der Waals surface area contributed by atoms with Gasteiger partial charge in [0, 0.05) is 32.6 Å². The molecule has 1 saturated heterocycles. The van der Waals surface area contributed by atoms with Crippen LogP contribution in [0.5, 0.6) is 0 Å². The van der Waals surface area contributed by atoms with Crippen molar-refractivity contribution < 1.29 is 0 Å². The number of hydrogen-bond acceptors (Lipinski definition) is 6. The summed E-state index contributed by atoms with van der Waals surface area (Å²) >= 11 is 7.91. The number of aryl methyl sites for hydroxylation is 1. The van der Waals surface area contributed by atoms with E-state index in [9.17, 15) is 4.79 Å². The van der Waals surface area contributed by atoms with Crippen LogP contribution in [0.4, 0.5) is 5.13 Å². The van der Waals surface area contributed by atoms with Gasteiger partial charge >= 0.3 is 0 Å². The van der Waals surface area contributed by atoms with E-state index in [1.165, 1.54) is 0 Å². The Hall–Kier alpha value is -1.44. The molecular formula is C16H22ClN5OS. The van der Waals surface area contributed by atoms with Crippen LogP contribution in [0.25, 0.3) is 0 Å².